The molecule has 1 heterocycles. The molecule has 15 heavy (non-hydrogen) atoms. The van der Waals surface area contributed by atoms with Crippen LogP contribution < -0.4 is 5.73 Å². The van der Waals surface area contributed by atoms with Gasteiger partial charge in [-0.1, -0.05) is 0 Å². The van der Waals surface area contributed by atoms with Gasteiger partial charge in [0.05, 0.1) is 24.9 Å². The first-order valence-electron chi connectivity index (χ1n) is 5.91. The summed E-state index contributed by atoms with van der Waals surface area (Å²) in [5.41, 5.74) is 5.85. The molecular formula is C11H21NO3. The van der Waals surface area contributed by atoms with Crippen molar-refractivity contribution in [2.24, 2.45) is 5.73 Å². The fraction of sp³-hybridized carbons (Fsp3) is 1.00. The molecule has 2 aliphatic rings. The lowest BCUT2D eigenvalue weighted by atomic mass is 9.86. The van der Waals surface area contributed by atoms with Gasteiger partial charge >= 0.3 is 0 Å². The van der Waals surface area contributed by atoms with E-state index in [2.05, 4.69) is 0 Å². The largest absolute Gasteiger partial charge is 0.376 e. The highest BCUT2D eigenvalue weighted by atomic mass is 16.6. The Kier molecular flexibility index (Phi) is 3.97. The van der Waals surface area contributed by atoms with Crippen LogP contribution >= 0.6 is 0 Å². The molecule has 2 fully saturated rings. The third-order valence-corrected chi connectivity index (χ3v) is 3.17. The Morgan fingerprint density at radius 1 is 1.40 bits per heavy atom. The first-order chi connectivity index (χ1) is 7.31. The maximum Gasteiger partial charge on any atom is 0.0988 e. The van der Waals surface area contributed by atoms with Gasteiger partial charge in [0.1, 0.15) is 0 Å². The molecule has 2 rings (SSSR count). The molecule has 0 aromatic heterocycles. The first-order valence-corrected chi connectivity index (χ1v) is 5.91. The fourth-order valence-electron chi connectivity index (χ4n) is 2.21. The summed E-state index contributed by atoms with van der Waals surface area (Å²) in [6.45, 7) is 4.27. The summed E-state index contributed by atoms with van der Waals surface area (Å²) in [6, 6.07) is 0.152. The van der Waals surface area contributed by atoms with E-state index >= 15 is 0 Å². The molecule has 0 aromatic carbocycles. The van der Waals surface area contributed by atoms with Crippen LogP contribution in [-0.4, -0.2) is 44.2 Å². The van der Waals surface area contributed by atoms with E-state index in [1.165, 1.54) is 0 Å². The zero-order chi connectivity index (χ0) is 10.7. The van der Waals surface area contributed by atoms with Crippen LogP contribution in [0.4, 0.5) is 0 Å². The molecule has 1 saturated carbocycles. The minimum absolute atomic E-state index is 0.0939. The topological polar surface area (TPSA) is 53.7 Å². The molecule has 4 unspecified atom stereocenters. The molecule has 0 aromatic rings. The maximum atomic E-state index is 5.85. The van der Waals surface area contributed by atoms with Crippen LogP contribution in [0, 0.1) is 0 Å². The lowest BCUT2D eigenvalue weighted by Crippen LogP contribution is -2.58. The smallest absolute Gasteiger partial charge is 0.0988 e. The lowest BCUT2D eigenvalue weighted by Gasteiger charge is -2.41. The predicted octanol–water partition coefficient (Wildman–Crippen LogP) is 0.687. The molecule has 1 aliphatic heterocycles. The lowest BCUT2D eigenvalue weighted by molar-refractivity contribution is -0.149. The van der Waals surface area contributed by atoms with E-state index in [0.29, 0.717) is 19.3 Å². The molecular weight excluding hydrogens is 194 g/mol. The summed E-state index contributed by atoms with van der Waals surface area (Å²) in [5.74, 6) is 0. The summed E-state index contributed by atoms with van der Waals surface area (Å²) >= 11 is 0. The van der Waals surface area contributed by atoms with Crippen molar-refractivity contribution in [3.05, 3.63) is 0 Å². The zero-order valence-electron chi connectivity index (χ0n) is 9.35. The van der Waals surface area contributed by atoms with Gasteiger partial charge < -0.3 is 19.9 Å². The monoisotopic (exact) mass is 215 g/mol. The molecule has 0 spiro atoms. The average molecular weight is 215 g/mol. The summed E-state index contributed by atoms with van der Waals surface area (Å²) in [7, 11) is 0. The molecule has 0 bridgehead atoms. The van der Waals surface area contributed by atoms with Crippen LogP contribution in [0.2, 0.25) is 0 Å². The van der Waals surface area contributed by atoms with Gasteiger partial charge in [0, 0.05) is 19.3 Å². The standard InChI is InChI=1S/C11H21NO3/c1-2-13-11-9(12)6-10(11)15-7-8-4-3-5-14-8/h8-11H,2-7,12H2,1H3. The van der Waals surface area contributed by atoms with Gasteiger partial charge in [-0.15, -0.1) is 0 Å². The Morgan fingerprint density at radius 2 is 2.27 bits per heavy atom. The minimum atomic E-state index is 0.0939. The van der Waals surface area contributed by atoms with Crippen molar-refractivity contribution in [1.82, 2.24) is 0 Å². The Bertz CT molecular complexity index is 194. The van der Waals surface area contributed by atoms with E-state index in [1.54, 1.807) is 0 Å². The summed E-state index contributed by atoms with van der Waals surface area (Å²) < 4.78 is 16.8. The van der Waals surface area contributed by atoms with Crippen molar-refractivity contribution < 1.29 is 14.2 Å². The molecule has 4 nitrogen and oxygen atoms in total. The van der Waals surface area contributed by atoms with Gasteiger partial charge in [0.2, 0.25) is 0 Å². The van der Waals surface area contributed by atoms with Crippen molar-refractivity contribution >= 4 is 0 Å². The molecule has 0 radical (unpaired) electrons. The fourth-order valence-corrected chi connectivity index (χ4v) is 2.21. The highest BCUT2D eigenvalue weighted by Gasteiger charge is 2.40. The maximum absolute atomic E-state index is 5.85. The second kappa shape index (κ2) is 5.25. The zero-order valence-corrected chi connectivity index (χ0v) is 9.35. The van der Waals surface area contributed by atoms with Gasteiger partial charge in [-0.2, -0.15) is 0 Å². The highest BCUT2D eigenvalue weighted by molar-refractivity contribution is 4.95. The summed E-state index contributed by atoms with van der Waals surface area (Å²) in [4.78, 5) is 0. The van der Waals surface area contributed by atoms with Crippen LogP contribution in [-0.2, 0) is 14.2 Å². The van der Waals surface area contributed by atoms with Gasteiger partial charge in [-0.05, 0) is 26.2 Å². The molecule has 1 aliphatic carbocycles. The molecule has 0 amide bonds. The number of ether oxygens (including phenoxy) is 3. The van der Waals surface area contributed by atoms with Crippen molar-refractivity contribution in [1.29, 1.82) is 0 Å². The molecule has 4 atom stereocenters. The first kappa shape index (κ1) is 11.3. The number of rotatable bonds is 5. The normalized spacial score (nSPS) is 40.4. The predicted molar refractivity (Wildman–Crippen MR) is 56.7 cm³/mol. The quantitative estimate of drug-likeness (QED) is 0.733. The van der Waals surface area contributed by atoms with Crippen LogP contribution in [0.1, 0.15) is 26.2 Å². The summed E-state index contributed by atoms with van der Waals surface area (Å²) in [5, 5.41) is 0. The van der Waals surface area contributed by atoms with Crippen molar-refractivity contribution in [2.75, 3.05) is 19.8 Å². The Morgan fingerprint density at radius 3 is 2.87 bits per heavy atom. The van der Waals surface area contributed by atoms with Crippen LogP contribution in [0.3, 0.4) is 0 Å². The summed E-state index contributed by atoms with van der Waals surface area (Å²) in [6.07, 6.45) is 3.77. The van der Waals surface area contributed by atoms with E-state index in [9.17, 15) is 0 Å². The van der Waals surface area contributed by atoms with E-state index in [1.807, 2.05) is 6.92 Å². The van der Waals surface area contributed by atoms with E-state index in [-0.39, 0.29) is 18.2 Å². The third kappa shape index (κ3) is 2.69. The van der Waals surface area contributed by atoms with Crippen molar-refractivity contribution in [3.8, 4) is 0 Å². The molecule has 4 heteroatoms. The van der Waals surface area contributed by atoms with Crippen LogP contribution in [0.5, 0.6) is 0 Å². The van der Waals surface area contributed by atoms with Gasteiger partial charge in [0.15, 0.2) is 0 Å². The minimum Gasteiger partial charge on any atom is -0.376 e. The SMILES string of the molecule is CCOC1C(N)CC1OCC1CCCO1. The Labute approximate surface area is 91.1 Å². The molecule has 1 saturated heterocycles. The van der Waals surface area contributed by atoms with E-state index in [0.717, 1.165) is 25.9 Å². The van der Waals surface area contributed by atoms with Gasteiger partial charge in [-0.25, -0.2) is 0 Å². The van der Waals surface area contributed by atoms with E-state index in [4.69, 9.17) is 19.9 Å². The second-order valence-corrected chi connectivity index (χ2v) is 4.33. The number of hydrogen-bond acceptors (Lipinski definition) is 4. The van der Waals surface area contributed by atoms with Gasteiger partial charge in [-0.3, -0.25) is 0 Å². The Hall–Kier alpha value is -0.160. The van der Waals surface area contributed by atoms with Crippen molar-refractivity contribution in [2.45, 2.75) is 50.5 Å². The molecule has 88 valence electrons. The average Bonchev–Trinajstić information content (AvgIpc) is 2.73. The number of nitrogens with two attached hydrogens (primary N) is 1. The van der Waals surface area contributed by atoms with E-state index < -0.39 is 0 Å². The molecule has 2 N–H and O–H groups in total. The third-order valence-electron chi connectivity index (χ3n) is 3.17. The van der Waals surface area contributed by atoms with Crippen LogP contribution in [0.15, 0.2) is 0 Å². The number of hydrogen-bond donors (Lipinski definition) is 1. The van der Waals surface area contributed by atoms with Crippen molar-refractivity contribution in [3.63, 3.8) is 0 Å². The second-order valence-electron chi connectivity index (χ2n) is 4.33. The Balaban J connectivity index is 1.66. The van der Waals surface area contributed by atoms with Crippen LogP contribution in [0.25, 0.3) is 0 Å². The highest BCUT2D eigenvalue weighted by Crippen LogP contribution is 2.26. The van der Waals surface area contributed by atoms with Gasteiger partial charge in [0.25, 0.3) is 0 Å².